The fourth-order valence-corrected chi connectivity index (χ4v) is 3.05. The first kappa shape index (κ1) is 13.1. The van der Waals surface area contributed by atoms with Gasteiger partial charge >= 0.3 is 0 Å². The van der Waals surface area contributed by atoms with E-state index in [-0.39, 0.29) is 16.8 Å². The van der Waals surface area contributed by atoms with Gasteiger partial charge in [0.05, 0.1) is 5.69 Å². The molecule has 0 N–H and O–H groups in total. The molecule has 3 nitrogen and oxygen atoms in total. The fraction of sp³-hybridized carbons (Fsp3) is 0.333. The van der Waals surface area contributed by atoms with Crippen LogP contribution in [0.1, 0.15) is 42.9 Å². The highest BCUT2D eigenvalue weighted by atomic mass is 35.5. The number of benzene rings is 1. The summed E-state index contributed by atoms with van der Waals surface area (Å²) in [7, 11) is 0. The highest BCUT2D eigenvalue weighted by molar-refractivity contribution is 6.31. The van der Waals surface area contributed by atoms with E-state index in [0.29, 0.717) is 11.3 Å². The number of hydrogen-bond donors (Lipinski definition) is 0. The van der Waals surface area contributed by atoms with Gasteiger partial charge in [-0.2, -0.15) is 10.4 Å². The molecular formula is C15H13ClFN3. The summed E-state index contributed by atoms with van der Waals surface area (Å²) < 4.78 is 15.2. The van der Waals surface area contributed by atoms with E-state index in [4.69, 9.17) is 11.6 Å². The summed E-state index contributed by atoms with van der Waals surface area (Å²) in [5, 5.41) is 13.9. The second-order valence-corrected chi connectivity index (χ2v) is 5.37. The molecule has 3 rings (SSSR count). The van der Waals surface area contributed by atoms with Gasteiger partial charge in [0.15, 0.2) is 5.15 Å². The van der Waals surface area contributed by atoms with Crippen LogP contribution in [0.25, 0.3) is 5.69 Å². The van der Waals surface area contributed by atoms with Gasteiger partial charge in [0.1, 0.15) is 23.1 Å². The van der Waals surface area contributed by atoms with Crippen molar-refractivity contribution in [1.82, 2.24) is 9.78 Å². The maximum Gasteiger partial charge on any atom is 0.151 e. The van der Waals surface area contributed by atoms with E-state index in [1.165, 1.54) is 10.7 Å². The molecule has 20 heavy (non-hydrogen) atoms. The molecule has 1 heterocycles. The first-order chi connectivity index (χ1) is 9.72. The smallest absolute Gasteiger partial charge is 0.151 e. The lowest BCUT2D eigenvalue weighted by Crippen LogP contribution is -2.01. The molecule has 0 amide bonds. The van der Waals surface area contributed by atoms with Crippen LogP contribution in [0.4, 0.5) is 4.39 Å². The second-order valence-electron chi connectivity index (χ2n) is 5.01. The normalized spacial score (nSPS) is 15.4. The monoisotopic (exact) mass is 289 g/mol. The van der Waals surface area contributed by atoms with Crippen molar-refractivity contribution in [2.45, 2.75) is 31.6 Å². The number of hydrogen-bond acceptors (Lipinski definition) is 2. The Morgan fingerprint density at radius 2 is 2.00 bits per heavy atom. The third-order valence-corrected chi connectivity index (χ3v) is 4.14. The SMILES string of the molecule is N#Cc1c(C2CCCC2)nn(-c2ccccc2F)c1Cl. The predicted octanol–water partition coefficient (Wildman–Crippen LogP) is 4.19. The maximum absolute atomic E-state index is 13.9. The number of para-hydroxylation sites is 1. The maximum atomic E-state index is 13.9. The molecule has 1 aliphatic carbocycles. The Labute approximate surface area is 121 Å². The van der Waals surface area contributed by atoms with Crippen molar-refractivity contribution in [2.24, 2.45) is 0 Å². The molecule has 102 valence electrons. The fourth-order valence-electron chi connectivity index (χ4n) is 2.78. The first-order valence-electron chi connectivity index (χ1n) is 6.65. The first-order valence-corrected chi connectivity index (χ1v) is 7.03. The Bertz CT molecular complexity index is 681. The van der Waals surface area contributed by atoms with Gasteiger partial charge < -0.3 is 0 Å². The molecule has 0 spiro atoms. The highest BCUT2D eigenvalue weighted by Gasteiger charge is 2.27. The number of halogens is 2. The van der Waals surface area contributed by atoms with Crippen LogP contribution in [0, 0.1) is 17.1 Å². The quantitative estimate of drug-likeness (QED) is 0.831. The van der Waals surface area contributed by atoms with Crippen molar-refractivity contribution in [3.8, 4) is 11.8 Å². The van der Waals surface area contributed by atoms with E-state index in [9.17, 15) is 9.65 Å². The van der Waals surface area contributed by atoms with E-state index < -0.39 is 5.82 Å². The van der Waals surface area contributed by atoms with Crippen molar-refractivity contribution in [2.75, 3.05) is 0 Å². The lowest BCUT2D eigenvalue weighted by molar-refractivity contribution is 0.606. The zero-order valence-corrected chi connectivity index (χ0v) is 11.6. The third kappa shape index (κ3) is 2.08. The molecule has 0 saturated heterocycles. The summed E-state index contributed by atoms with van der Waals surface area (Å²) in [6, 6.07) is 8.40. The highest BCUT2D eigenvalue weighted by Crippen LogP contribution is 2.37. The summed E-state index contributed by atoms with van der Waals surface area (Å²) in [5.74, 6) is -0.144. The second kappa shape index (κ2) is 5.26. The van der Waals surface area contributed by atoms with Crippen LogP contribution in [0.3, 0.4) is 0 Å². The molecule has 0 atom stereocenters. The molecular weight excluding hydrogens is 277 g/mol. The van der Waals surface area contributed by atoms with Gasteiger partial charge in [-0.1, -0.05) is 36.6 Å². The van der Waals surface area contributed by atoms with Crippen LogP contribution in [-0.4, -0.2) is 9.78 Å². The minimum Gasteiger partial charge on any atom is -0.218 e. The Kier molecular flexibility index (Phi) is 3.45. The molecule has 0 radical (unpaired) electrons. The number of nitrogens with zero attached hydrogens (tertiary/aromatic N) is 3. The molecule has 1 saturated carbocycles. The van der Waals surface area contributed by atoms with Gasteiger partial charge in [0.2, 0.25) is 0 Å². The van der Waals surface area contributed by atoms with E-state index in [2.05, 4.69) is 11.2 Å². The number of aromatic nitrogens is 2. The number of rotatable bonds is 2. The van der Waals surface area contributed by atoms with Crippen molar-refractivity contribution in [1.29, 1.82) is 5.26 Å². The molecule has 5 heteroatoms. The average Bonchev–Trinajstić information content (AvgIpc) is 3.07. The van der Waals surface area contributed by atoms with Crippen molar-refractivity contribution < 1.29 is 4.39 Å². The van der Waals surface area contributed by atoms with Crippen molar-refractivity contribution in [3.63, 3.8) is 0 Å². The summed E-state index contributed by atoms with van der Waals surface area (Å²) in [5.41, 5.74) is 1.36. The van der Waals surface area contributed by atoms with Crippen molar-refractivity contribution in [3.05, 3.63) is 46.5 Å². The molecule has 1 aliphatic rings. The van der Waals surface area contributed by atoms with Crippen LogP contribution in [0.2, 0.25) is 5.15 Å². The zero-order valence-electron chi connectivity index (χ0n) is 10.8. The molecule has 1 aromatic carbocycles. The van der Waals surface area contributed by atoms with Crippen LogP contribution in [-0.2, 0) is 0 Å². The van der Waals surface area contributed by atoms with Crippen molar-refractivity contribution >= 4 is 11.6 Å². The number of nitriles is 1. The minimum atomic E-state index is -0.403. The standard InChI is InChI=1S/C15H13ClFN3/c16-15-11(9-18)14(10-5-1-2-6-10)19-20(15)13-8-4-3-7-12(13)17/h3-4,7-8,10H,1-2,5-6H2. The Hall–Kier alpha value is -1.86. The lowest BCUT2D eigenvalue weighted by Gasteiger charge is -2.05. The van der Waals surface area contributed by atoms with Gasteiger partial charge in [-0.25, -0.2) is 9.07 Å². The van der Waals surface area contributed by atoms with Crippen LogP contribution < -0.4 is 0 Å². The van der Waals surface area contributed by atoms with E-state index in [1.54, 1.807) is 18.2 Å². The molecule has 2 aromatic rings. The average molecular weight is 290 g/mol. The topological polar surface area (TPSA) is 41.6 Å². The van der Waals surface area contributed by atoms with E-state index in [0.717, 1.165) is 25.7 Å². The Morgan fingerprint density at radius 1 is 1.30 bits per heavy atom. The predicted molar refractivity (Wildman–Crippen MR) is 74.5 cm³/mol. The van der Waals surface area contributed by atoms with Gasteiger partial charge in [0, 0.05) is 5.92 Å². The Balaban J connectivity index is 2.14. The summed E-state index contributed by atoms with van der Waals surface area (Å²) >= 11 is 6.23. The zero-order chi connectivity index (χ0) is 14.1. The molecule has 0 unspecified atom stereocenters. The molecule has 1 aromatic heterocycles. The summed E-state index contributed by atoms with van der Waals surface area (Å²) in [4.78, 5) is 0. The van der Waals surface area contributed by atoms with E-state index >= 15 is 0 Å². The summed E-state index contributed by atoms with van der Waals surface area (Å²) in [6.45, 7) is 0. The molecule has 0 bridgehead atoms. The van der Waals surface area contributed by atoms with Gasteiger partial charge in [-0.05, 0) is 25.0 Å². The Morgan fingerprint density at radius 3 is 2.65 bits per heavy atom. The van der Waals surface area contributed by atoms with Gasteiger partial charge in [-0.15, -0.1) is 0 Å². The van der Waals surface area contributed by atoms with Gasteiger partial charge in [-0.3, -0.25) is 0 Å². The van der Waals surface area contributed by atoms with Crippen LogP contribution in [0.15, 0.2) is 24.3 Å². The van der Waals surface area contributed by atoms with Crippen LogP contribution >= 0.6 is 11.6 Å². The molecule has 0 aliphatic heterocycles. The largest absolute Gasteiger partial charge is 0.218 e. The van der Waals surface area contributed by atoms with Gasteiger partial charge in [0.25, 0.3) is 0 Å². The lowest BCUT2D eigenvalue weighted by atomic mass is 10.0. The van der Waals surface area contributed by atoms with Crippen LogP contribution in [0.5, 0.6) is 0 Å². The molecule has 1 fully saturated rings. The summed E-state index contributed by atoms with van der Waals surface area (Å²) in [6.07, 6.45) is 4.30. The van der Waals surface area contributed by atoms with E-state index in [1.807, 2.05) is 0 Å². The minimum absolute atomic E-state index is 0.194. The third-order valence-electron chi connectivity index (χ3n) is 3.79.